The van der Waals surface area contributed by atoms with Gasteiger partial charge in [-0.3, -0.25) is 0 Å². The van der Waals surface area contributed by atoms with Crippen molar-refractivity contribution in [3.05, 3.63) is 212 Å². The highest BCUT2D eigenvalue weighted by Gasteiger charge is 2.23. The lowest BCUT2D eigenvalue weighted by molar-refractivity contribution is 1.07. The van der Waals surface area contributed by atoms with Crippen LogP contribution in [0.5, 0.6) is 0 Å². The fourth-order valence-electron chi connectivity index (χ4n) is 9.57. The molecular formula is C57H35N5S. The zero-order valence-corrected chi connectivity index (χ0v) is 34.7. The van der Waals surface area contributed by atoms with Gasteiger partial charge in [-0.05, 0) is 54.1 Å². The first-order valence-electron chi connectivity index (χ1n) is 21.2. The van der Waals surface area contributed by atoms with Crippen LogP contribution in [0.1, 0.15) is 0 Å². The van der Waals surface area contributed by atoms with Crippen LogP contribution in [-0.4, -0.2) is 24.1 Å². The van der Waals surface area contributed by atoms with Crippen molar-refractivity contribution in [3.8, 4) is 56.7 Å². The maximum atomic E-state index is 5.14. The summed E-state index contributed by atoms with van der Waals surface area (Å²) in [5.41, 5.74) is 12.2. The Balaban J connectivity index is 1.10. The van der Waals surface area contributed by atoms with Crippen LogP contribution >= 0.6 is 11.3 Å². The minimum absolute atomic E-state index is 0.636. The van der Waals surface area contributed by atoms with Gasteiger partial charge in [0.1, 0.15) is 0 Å². The largest absolute Gasteiger partial charge is 0.309 e. The lowest BCUT2D eigenvalue weighted by atomic mass is 10.0. The first kappa shape index (κ1) is 35.6. The van der Waals surface area contributed by atoms with E-state index in [9.17, 15) is 0 Å². The Morgan fingerprint density at radius 2 is 0.873 bits per heavy atom. The second-order valence-corrected chi connectivity index (χ2v) is 17.0. The molecule has 0 aliphatic carbocycles. The number of nitrogens with zero attached hydrogens (tertiary/aromatic N) is 5. The van der Waals surface area contributed by atoms with Crippen LogP contribution in [0, 0.1) is 0 Å². The summed E-state index contributed by atoms with van der Waals surface area (Å²) in [5, 5.41) is 7.34. The lowest BCUT2D eigenvalue weighted by Crippen LogP contribution is -2.00. The number of rotatable bonds is 6. The molecule has 0 radical (unpaired) electrons. The summed E-state index contributed by atoms with van der Waals surface area (Å²) in [7, 11) is 0. The van der Waals surface area contributed by atoms with Crippen LogP contribution in [0.3, 0.4) is 0 Å². The molecule has 63 heavy (non-hydrogen) atoms. The molecule has 13 rings (SSSR count). The number of benzene rings is 9. The van der Waals surface area contributed by atoms with Crippen LogP contribution in [0.15, 0.2) is 212 Å². The van der Waals surface area contributed by atoms with E-state index in [-0.39, 0.29) is 0 Å². The number of thiophene rings is 1. The molecule has 0 aliphatic heterocycles. The molecule has 0 bridgehead atoms. The zero-order chi connectivity index (χ0) is 41.4. The van der Waals surface area contributed by atoms with Crippen molar-refractivity contribution < 1.29 is 0 Å². The van der Waals surface area contributed by atoms with Crippen LogP contribution in [0.4, 0.5) is 0 Å². The van der Waals surface area contributed by atoms with Gasteiger partial charge in [0.15, 0.2) is 17.5 Å². The van der Waals surface area contributed by atoms with E-state index in [1.807, 2.05) is 47.7 Å². The van der Waals surface area contributed by atoms with Crippen molar-refractivity contribution in [1.82, 2.24) is 24.1 Å². The molecule has 0 fully saturated rings. The van der Waals surface area contributed by atoms with Gasteiger partial charge in [-0.15, -0.1) is 11.3 Å². The average molecular weight is 822 g/mol. The molecule has 5 nitrogen and oxygen atoms in total. The second-order valence-electron chi connectivity index (χ2n) is 16.0. The topological polar surface area (TPSA) is 48.5 Å². The molecular weight excluding hydrogens is 787 g/mol. The fourth-order valence-corrected chi connectivity index (χ4v) is 10.9. The third-order valence-corrected chi connectivity index (χ3v) is 13.6. The molecule has 4 heterocycles. The summed E-state index contributed by atoms with van der Waals surface area (Å²) in [6, 6.07) is 75.5. The van der Waals surface area contributed by atoms with E-state index in [0.29, 0.717) is 17.5 Å². The van der Waals surface area contributed by atoms with E-state index < -0.39 is 0 Å². The average Bonchev–Trinajstić information content (AvgIpc) is 4.03. The van der Waals surface area contributed by atoms with Crippen molar-refractivity contribution >= 4 is 75.1 Å². The number of hydrogen-bond donors (Lipinski definition) is 0. The monoisotopic (exact) mass is 821 g/mol. The summed E-state index contributed by atoms with van der Waals surface area (Å²) in [5.74, 6) is 1.92. The second kappa shape index (κ2) is 14.2. The predicted molar refractivity (Wildman–Crippen MR) is 263 cm³/mol. The number of para-hydroxylation sites is 3. The van der Waals surface area contributed by atoms with Crippen LogP contribution in [0.2, 0.25) is 0 Å². The quantitative estimate of drug-likeness (QED) is 0.168. The molecule has 0 saturated heterocycles. The van der Waals surface area contributed by atoms with E-state index in [4.69, 9.17) is 15.0 Å². The third-order valence-electron chi connectivity index (χ3n) is 12.4. The van der Waals surface area contributed by atoms with Crippen molar-refractivity contribution in [2.75, 3.05) is 0 Å². The first-order chi connectivity index (χ1) is 31.3. The fraction of sp³-hybridized carbons (Fsp3) is 0. The summed E-state index contributed by atoms with van der Waals surface area (Å²) >= 11 is 1.88. The van der Waals surface area contributed by atoms with Crippen LogP contribution < -0.4 is 0 Å². The van der Waals surface area contributed by atoms with Crippen molar-refractivity contribution in [2.45, 2.75) is 0 Å². The van der Waals surface area contributed by atoms with E-state index in [1.54, 1.807) is 0 Å². The van der Waals surface area contributed by atoms with Gasteiger partial charge in [-0.2, -0.15) is 0 Å². The van der Waals surface area contributed by atoms with Gasteiger partial charge in [-0.1, -0.05) is 164 Å². The van der Waals surface area contributed by atoms with Crippen LogP contribution in [-0.2, 0) is 0 Å². The first-order valence-corrected chi connectivity index (χ1v) is 22.0. The molecule has 0 spiro atoms. The highest BCUT2D eigenvalue weighted by molar-refractivity contribution is 7.27. The predicted octanol–water partition coefficient (Wildman–Crippen LogP) is 15.1. The number of aromatic nitrogens is 5. The molecule has 0 atom stereocenters. The molecule has 13 aromatic rings. The van der Waals surface area contributed by atoms with E-state index in [1.165, 1.54) is 64.2 Å². The number of fused-ring (bicyclic) bond motifs is 10. The van der Waals surface area contributed by atoms with Crippen molar-refractivity contribution in [1.29, 1.82) is 0 Å². The minimum Gasteiger partial charge on any atom is -0.309 e. The Kier molecular flexibility index (Phi) is 8.01. The van der Waals surface area contributed by atoms with Crippen LogP contribution in [0.25, 0.3) is 120 Å². The third kappa shape index (κ3) is 5.59. The highest BCUT2D eigenvalue weighted by Crippen LogP contribution is 2.47. The van der Waals surface area contributed by atoms with Gasteiger partial charge in [-0.25, -0.2) is 15.0 Å². The summed E-state index contributed by atoms with van der Waals surface area (Å²) in [6.07, 6.45) is 0. The Labute approximate surface area is 366 Å². The molecule has 6 heteroatoms. The number of hydrogen-bond acceptors (Lipinski definition) is 4. The molecule has 0 amide bonds. The molecule has 294 valence electrons. The smallest absolute Gasteiger partial charge is 0.164 e. The summed E-state index contributed by atoms with van der Waals surface area (Å²) in [4.78, 5) is 15.3. The molecule has 0 saturated carbocycles. The zero-order valence-electron chi connectivity index (χ0n) is 33.9. The normalized spacial score (nSPS) is 11.8. The van der Waals surface area contributed by atoms with Gasteiger partial charge in [0.25, 0.3) is 0 Å². The standard InChI is InChI=1S/C57H35N5S/c1-5-17-36(18-6-1)41-26-15-27-43-42-25-13-14-29-47(42)62(52(41)43)50-30-16-28-44-45-32-34-49-51(54(45)63-53(44)50)46-35-39(31-33-48(46)61(49)40-23-11-4-12-24-40)57-59-55(37-19-7-2-8-20-37)58-56(60-57)38-21-9-3-10-22-38/h1-35H. The van der Waals surface area contributed by atoms with Crippen molar-refractivity contribution in [3.63, 3.8) is 0 Å². The van der Waals surface area contributed by atoms with Gasteiger partial charge < -0.3 is 9.13 Å². The van der Waals surface area contributed by atoms with Gasteiger partial charge in [0, 0.05) is 65.0 Å². The van der Waals surface area contributed by atoms with Gasteiger partial charge in [0.2, 0.25) is 0 Å². The minimum atomic E-state index is 0.636. The Morgan fingerprint density at radius 3 is 1.59 bits per heavy atom. The summed E-state index contributed by atoms with van der Waals surface area (Å²) in [6.45, 7) is 0. The van der Waals surface area contributed by atoms with Crippen molar-refractivity contribution in [2.24, 2.45) is 0 Å². The molecule has 0 unspecified atom stereocenters. The van der Waals surface area contributed by atoms with E-state index in [0.717, 1.165) is 38.8 Å². The Morgan fingerprint density at radius 1 is 0.333 bits per heavy atom. The maximum absolute atomic E-state index is 5.14. The Bertz CT molecular complexity index is 3830. The van der Waals surface area contributed by atoms with Gasteiger partial charge in [0.05, 0.1) is 32.5 Å². The van der Waals surface area contributed by atoms with Gasteiger partial charge >= 0.3 is 0 Å². The summed E-state index contributed by atoms with van der Waals surface area (Å²) < 4.78 is 7.40. The van der Waals surface area contributed by atoms with E-state index >= 15 is 0 Å². The SMILES string of the molecule is c1ccc(-c2nc(-c3ccccc3)nc(-c3ccc4c(c3)c3c5sc6c(-n7c8ccccc8c8cccc(-c9ccccc9)c87)cccc6c5ccc3n4-c3ccccc3)n2)cc1. The Hall–Kier alpha value is -8.19. The highest BCUT2D eigenvalue weighted by atomic mass is 32.1. The molecule has 0 aliphatic rings. The van der Waals surface area contributed by atoms with E-state index in [2.05, 4.69) is 185 Å². The molecule has 9 aromatic carbocycles. The lowest BCUT2D eigenvalue weighted by Gasteiger charge is -2.12. The molecule has 4 aromatic heterocycles. The molecule has 0 N–H and O–H groups in total. The maximum Gasteiger partial charge on any atom is 0.164 e.